The SMILES string of the molecule is COc1ccc(Oc2nc(Br)cn2C)cc1. The molecule has 0 atom stereocenters. The minimum Gasteiger partial charge on any atom is -0.497 e. The molecule has 1 heterocycles. The summed E-state index contributed by atoms with van der Waals surface area (Å²) in [5.74, 6) is 1.52. The number of hydrogen-bond acceptors (Lipinski definition) is 3. The molecule has 0 N–H and O–H groups in total. The number of halogens is 1. The molecule has 0 saturated carbocycles. The monoisotopic (exact) mass is 282 g/mol. The molecule has 0 bridgehead atoms. The second-order valence-electron chi connectivity index (χ2n) is 3.23. The van der Waals surface area contributed by atoms with Crippen molar-refractivity contribution in [2.75, 3.05) is 7.11 Å². The molecular formula is C11H11BrN2O2. The first kappa shape index (κ1) is 11.0. The van der Waals surface area contributed by atoms with Crippen molar-refractivity contribution in [3.8, 4) is 17.5 Å². The number of aromatic nitrogens is 2. The predicted octanol–water partition coefficient (Wildman–Crippen LogP) is 2.98. The third kappa shape index (κ3) is 2.36. The van der Waals surface area contributed by atoms with E-state index >= 15 is 0 Å². The molecule has 2 aromatic rings. The highest BCUT2D eigenvalue weighted by atomic mass is 79.9. The van der Waals surface area contributed by atoms with Crippen molar-refractivity contribution in [3.63, 3.8) is 0 Å². The van der Waals surface area contributed by atoms with Crippen LogP contribution < -0.4 is 9.47 Å². The molecule has 4 nitrogen and oxygen atoms in total. The van der Waals surface area contributed by atoms with E-state index in [-0.39, 0.29) is 0 Å². The van der Waals surface area contributed by atoms with Gasteiger partial charge in [-0.3, -0.25) is 0 Å². The number of hydrogen-bond donors (Lipinski definition) is 0. The Hall–Kier alpha value is -1.49. The number of nitrogens with zero attached hydrogens (tertiary/aromatic N) is 2. The van der Waals surface area contributed by atoms with Crippen LogP contribution in [0.5, 0.6) is 17.5 Å². The van der Waals surface area contributed by atoms with Crippen LogP contribution in [0, 0.1) is 0 Å². The van der Waals surface area contributed by atoms with Gasteiger partial charge in [-0.25, -0.2) is 0 Å². The van der Waals surface area contributed by atoms with Gasteiger partial charge in [0.2, 0.25) is 0 Å². The summed E-state index contributed by atoms with van der Waals surface area (Å²) in [5, 5.41) is 0. The van der Waals surface area contributed by atoms with Gasteiger partial charge < -0.3 is 14.0 Å². The zero-order valence-corrected chi connectivity index (χ0v) is 10.6. The average Bonchev–Trinajstić information content (AvgIpc) is 2.59. The summed E-state index contributed by atoms with van der Waals surface area (Å²) in [7, 11) is 3.50. The molecule has 0 aliphatic heterocycles. The highest BCUT2D eigenvalue weighted by molar-refractivity contribution is 9.10. The van der Waals surface area contributed by atoms with Crippen molar-refractivity contribution in [2.24, 2.45) is 7.05 Å². The summed E-state index contributed by atoms with van der Waals surface area (Å²) < 4.78 is 13.2. The lowest BCUT2D eigenvalue weighted by Gasteiger charge is -2.05. The number of benzene rings is 1. The number of imidazole rings is 1. The second kappa shape index (κ2) is 4.57. The van der Waals surface area contributed by atoms with Crippen LogP contribution >= 0.6 is 15.9 Å². The fourth-order valence-electron chi connectivity index (χ4n) is 1.26. The van der Waals surface area contributed by atoms with Gasteiger partial charge in [-0.2, -0.15) is 4.98 Å². The topological polar surface area (TPSA) is 36.3 Å². The molecule has 0 saturated heterocycles. The minimum atomic E-state index is 0.539. The second-order valence-corrected chi connectivity index (χ2v) is 4.05. The molecule has 0 aliphatic carbocycles. The molecule has 16 heavy (non-hydrogen) atoms. The molecule has 5 heteroatoms. The lowest BCUT2D eigenvalue weighted by molar-refractivity contribution is 0.407. The van der Waals surface area contributed by atoms with Crippen molar-refractivity contribution >= 4 is 15.9 Å². The molecule has 0 aliphatic rings. The van der Waals surface area contributed by atoms with Crippen LogP contribution in [0.3, 0.4) is 0 Å². The zero-order chi connectivity index (χ0) is 11.5. The fourth-order valence-corrected chi connectivity index (χ4v) is 1.72. The molecule has 84 valence electrons. The normalized spacial score (nSPS) is 10.2. The van der Waals surface area contributed by atoms with Gasteiger partial charge in [-0.1, -0.05) is 0 Å². The molecule has 0 fully saturated rings. The van der Waals surface area contributed by atoms with Crippen LogP contribution in [0.2, 0.25) is 0 Å². The van der Waals surface area contributed by atoms with E-state index in [1.807, 2.05) is 37.5 Å². The van der Waals surface area contributed by atoms with Gasteiger partial charge in [0, 0.05) is 13.2 Å². The lowest BCUT2D eigenvalue weighted by Crippen LogP contribution is -1.93. The number of aryl methyl sites for hydroxylation is 1. The molecule has 0 radical (unpaired) electrons. The van der Waals surface area contributed by atoms with Gasteiger partial charge in [0.15, 0.2) is 0 Å². The Morgan fingerprint density at radius 3 is 2.31 bits per heavy atom. The van der Waals surface area contributed by atoms with Crippen LogP contribution in [0.1, 0.15) is 0 Å². The van der Waals surface area contributed by atoms with Gasteiger partial charge >= 0.3 is 6.01 Å². The van der Waals surface area contributed by atoms with E-state index in [0.717, 1.165) is 16.1 Å². The maximum absolute atomic E-state index is 5.60. The quantitative estimate of drug-likeness (QED) is 0.868. The van der Waals surface area contributed by atoms with Crippen molar-refractivity contribution in [1.82, 2.24) is 9.55 Å². The average molecular weight is 283 g/mol. The summed E-state index contributed by atoms with van der Waals surface area (Å²) in [4.78, 5) is 4.17. The van der Waals surface area contributed by atoms with Crippen molar-refractivity contribution in [3.05, 3.63) is 35.1 Å². The first-order chi connectivity index (χ1) is 7.69. The Bertz CT molecular complexity index is 479. The van der Waals surface area contributed by atoms with Crippen LogP contribution in [0.25, 0.3) is 0 Å². The molecular weight excluding hydrogens is 272 g/mol. The van der Waals surface area contributed by atoms with E-state index in [1.54, 1.807) is 11.7 Å². The Labute approximate surface area is 102 Å². The van der Waals surface area contributed by atoms with E-state index in [1.165, 1.54) is 0 Å². The van der Waals surface area contributed by atoms with E-state index in [4.69, 9.17) is 9.47 Å². The number of methoxy groups -OCH3 is 1. The molecule has 0 unspecified atom stereocenters. The Balaban J connectivity index is 2.17. The number of rotatable bonds is 3. The fraction of sp³-hybridized carbons (Fsp3) is 0.182. The summed E-state index contributed by atoms with van der Waals surface area (Å²) in [6.07, 6.45) is 1.83. The first-order valence-corrected chi connectivity index (χ1v) is 5.49. The Kier molecular flexibility index (Phi) is 3.14. The smallest absolute Gasteiger partial charge is 0.302 e. The van der Waals surface area contributed by atoms with Crippen LogP contribution in [0.4, 0.5) is 0 Å². The molecule has 1 aromatic carbocycles. The molecule has 0 amide bonds. The van der Waals surface area contributed by atoms with E-state index < -0.39 is 0 Å². The minimum absolute atomic E-state index is 0.539. The summed E-state index contributed by atoms with van der Waals surface area (Å²) in [6, 6.07) is 7.89. The van der Waals surface area contributed by atoms with Gasteiger partial charge in [0.05, 0.1) is 7.11 Å². The Morgan fingerprint density at radius 1 is 1.19 bits per heavy atom. The van der Waals surface area contributed by atoms with Crippen LogP contribution in [0.15, 0.2) is 35.1 Å². The standard InChI is InChI=1S/C11H11BrN2O2/c1-14-7-10(12)13-11(14)16-9-5-3-8(15-2)4-6-9/h3-7H,1-2H3. The van der Waals surface area contributed by atoms with Crippen LogP contribution in [-0.4, -0.2) is 16.7 Å². The first-order valence-electron chi connectivity index (χ1n) is 4.70. The number of ether oxygens (including phenoxy) is 2. The van der Waals surface area contributed by atoms with Crippen molar-refractivity contribution < 1.29 is 9.47 Å². The molecule has 0 spiro atoms. The highest BCUT2D eigenvalue weighted by Gasteiger charge is 2.05. The lowest BCUT2D eigenvalue weighted by atomic mass is 10.3. The van der Waals surface area contributed by atoms with E-state index in [9.17, 15) is 0 Å². The summed E-state index contributed by atoms with van der Waals surface area (Å²) in [6.45, 7) is 0. The third-order valence-electron chi connectivity index (χ3n) is 2.07. The Morgan fingerprint density at radius 2 is 1.81 bits per heavy atom. The third-order valence-corrected chi connectivity index (χ3v) is 2.46. The summed E-state index contributed by atoms with van der Waals surface area (Å²) >= 11 is 3.29. The largest absolute Gasteiger partial charge is 0.497 e. The predicted molar refractivity (Wildman–Crippen MR) is 64.0 cm³/mol. The highest BCUT2D eigenvalue weighted by Crippen LogP contribution is 2.23. The van der Waals surface area contributed by atoms with E-state index in [0.29, 0.717) is 6.01 Å². The maximum atomic E-state index is 5.60. The summed E-state index contributed by atoms with van der Waals surface area (Å²) in [5.41, 5.74) is 0. The maximum Gasteiger partial charge on any atom is 0.302 e. The van der Waals surface area contributed by atoms with Crippen molar-refractivity contribution in [1.29, 1.82) is 0 Å². The molecule has 1 aromatic heterocycles. The van der Waals surface area contributed by atoms with Crippen molar-refractivity contribution in [2.45, 2.75) is 0 Å². The van der Waals surface area contributed by atoms with Gasteiger partial charge in [0.1, 0.15) is 16.1 Å². The van der Waals surface area contributed by atoms with Gasteiger partial charge in [-0.05, 0) is 40.2 Å². The van der Waals surface area contributed by atoms with Crippen LogP contribution in [-0.2, 0) is 7.05 Å². The van der Waals surface area contributed by atoms with Gasteiger partial charge in [0.25, 0.3) is 0 Å². The molecule has 2 rings (SSSR count). The van der Waals surface area contributed by atoms with Gasteiger partial charge in [-0.15, -0.1) is 0 Å². The zero-order valence-electron chi connectivity index (χ0n) is 8.98. The van der Waals surface area contributed by atoms with E-state index in [2.05, 4.69) is 20.9 Å².